The standard InChI is InChI=1S/C10H10O4/c11-10(12)7-3-1-2-4-8(7)14-9-5-6-13-9/h1-4,9H,5-6H2,(H,11,12). The molecule has 1 N–H and O–H groups in total. The minimum atomic E-state index is -0.986. The van der Waals surface area contributed by atoms with Crippen LogP contribution < -0.4 is 4.74 Å². The molecule has 1 saturated heterocycles. The molecule has 1 heterocycles. The van der Waals surface area contributed by atoms with Gasteiger partial charge in [0.2, 0.25) is 6.29 Å². The first-order valence-corrected chi connectivity index (χ1v) is 4.38. The molecule has 4 heteroatoms. The average Bonchev–Trinajstić information content (AvgIpc) is 2.12. The molecule has 0 radical (unpaired) electrons. The first-order valence-electron chi connectivity index (χ1n) is 4.38. The second kappa shape index (κ2) is 3.67. The predicted octanol–water partition coefficient (Wildman–Crippen LogP) is 1.51. The van der Waals surface area contributed by atoms with E-state index in [-0.39, 0.29) is 11.9 Å². The smallest absolute Gasteiger partial charge is 0.339 e. The minimum absolute atomic E-state index is 0.169. The van der Waals surface area contributed by atoms with Crippen LogP contribution in [0.15, 0.2) is 24.3 Å². The van der Waals surface area contributed by atoms with Gasteiger partial charge in [0.05, 0.1) is 6.61 Å². The van der Waals surface area contributed by atoms with Gasteiger partial charge in [-0.1, -0.05) is 12.1 Å². The summed E-state index contributed by atoms with van der Waals surface area (Å²) in [4.78, 5) is 10.8. The summed E-state index contributed by atoms with van der Waals surface area (Å²) in [6, 6.07) is 6.54. The van der Waals surface area contributed by atoms with Crippen molar-refractivity contribution in [3.63, 3.8) is 0 Å². The molecule has 0 aromatic heterocycles. The molecule has 1 unspecified atom stereocenters. The summed E-state index contributed by atoms with van der Waals surface area (Å²) >= 11 is 0. The van der Waals surface area contributed by atoms with Gasteiger partial charge in [-0.25, -0.2) is 4.79 Å². The molecule has 74 valence electrons. The summed E-state index contributed by atoms with van der Waals surface area (Å²) in [6.07, 6.45) is 0.532. The van der Waals surface area contributed by atoms with Crippen LogP contribution in [-0.2, 0) is 4.74 Å². The van der Waals surface area contributed by atoms with Crippen LogP contribution in [0.25, 0.3) is 0 Å². The second-order valence-electron chi connectivity index (χ2n) is 3.01. The molecule has 1 atom stereocenters. The SMILES string of the molecule is O=C(O)c1ccccc1OC1CCO1. The Morgan fingerprint density at radius 1 is 1.50 bits per heavy atom. The number of hydrogen-bond acceptors (Lipinski definition) is 3. The van der Waals surface area contributed by atoms with Crippen LogP contribution in [0.5, 0.6) is 5.75 Å². The van der Waals surface area contributed by atoms with Gasteiger partial charge in [-0.2, -0.15) is 0 Å². The Labute approximate surface area is 81.1 Å². The van der Waals surface area contributed by atoms with E-state index < -0.39 is 5.97 Å². The number of hydrogen-bond donors (Lipinski definition) is 1. The van der Waals surface area contributed by atoms with Crippen LogP contribution in [-0.4, -0.2) is 24.0 Å². The summed E-state index contributed by atoms with van der Waals surface area (Å²) in [7, 11) is 0. The Morgan fingerprint density at radius 2 is 2.21 bits per heavy atom. The molecule has 1 aromatic rings. The molecule has 1 aliphatic rings. The lowest BCUT2D eigenvalue weighted by Crippen LogP contribution is -2.32. The fourth-order valence-corrected chi connectivity index (χ4v) is 1.19. The number of carbonyl (C=O) groups is 1. The molecule has 0 bridgehead atoms. The van der Waals surface area contributed by atoms with Gasteiger partial charge in [0.1, 0.15) is 11.3 Å². The molecule has 0 aliphatic carbocycles. The van der Waals surface area contributed by atoms with Crippen molar-refractivity contribution < 1.29 is 19.4 Å². The lowest BCUT2D eigenvalue weighted by Gasteiger charge is -2.27. The van der Waals surface area contributed by atoms with Crippen molar-refractivity contribution in [1.82, 2.24) is 0 Å². The molecule has 1 fully saturated rings. The third kappa shape index (κ3) is 1.70. The van der Waals surface area contributed by atoms with E-state index >= 15 is 0 Å². The highest BCUT2D eigenvalue weighted by atomic mass is 16.7. The molecular weight excluding hydrogens is 184 g/mol. The lowest BCUT2D eigenvalue weighted by atomic mass is 10.2. The number of rotatable bonds is 3. The average molecular weight is 194 g/mol. The third-order valence-corrected chi connectivity index (χ3v) is 2.03. The van der Waals surface area contributed by atoms with E-state index in [1.54, 1.807) is 18.2 Å². The Bertz CT molecular complexity index is 344. The van der Waals surface area contributed by atoms with E-state index in [9.17, 15) is 4.79 Å². The third-order valence-electron chi connectivity index (χ3n) is 2.03. The highest BCUT2D eigenvalue weighted by molar-refractivity contribution is 5.90. The Hall–Kier alpha value is -1.55. The largest absolute Gasteiger partial charge is 0.478 e. The summed E-state index contributed by atoms with van der Waals surface area (Å²) < 4.78 is 10.4. The molecule has 1 aliphatic heterocycles. The molecule has 4 nitrogen and oxygen atoms in total. The van der Waals surface area contributed by atoms with E-state index in [4.69, 9.17) is 14.6 Å². The van der Waals surface area contributed by atoms with Crippen molar-refractivity contribution in [3.8, 4) is 5.75 Å². The predicted molar refractivity (Wildman–Crippen MR) is 48.4 cm³/mol. The van der Waals surface area contributed by atoms with Crippen molar-refractivity contribution in [3.05, 3.63) is 29.8 Å². The molecule has 0 saturated carbocycles. The highest BCUT2D eigenvalue weighted by Gasteiger charge is 2.22. The second-order valence-corrected chi connectivity index (χ2v) is 3.01. The van der Waals surface area contributed by atoms with Crippen molar-refractivity contribution in [2.75, 3.05) is 6.61 Å². The fourth-order valence-electron chi connectivity index (χ4n) is 1.19. The van der Waals surface area contributed by atoms with E-state index in [0.717, 1.165) is 6.42 Å². The maximum absolute atomic E-state index is 10.8. The molecular formula is C10H10O4. The van der Waals surface area contributed by atoms with Crippen LogP contribution in [0.2, 0.25) is 0 Å². The maximum atomic E-state index is 10.8. The van der Waals surface area contributed by atoms with Gasteiger partial charge in [-0.05, 0) is 12.1 Å². The Kier molecular flexibility index (Phi) is 2.37. The van der Waals surface area contributed by atoms with Gasteiger partial charge in [-0.15, -0.1) is 0 Å². The molecule has 2 rings (SSSR count). The Morgan fingerprint density at radius 3 is 2.79 bits per heavy atom. The molecule has 0 spiro atoms. The van der Waals surface area contributed by atoms with Crippen molar-refractivity contribution in [1.29, 1.82) is 0 Å². The number of carboxylic acids is 1. The van der Waals surface area contributed by atoms with Gasteiger partial charge >= 0.3 is 5.97 Å². The van der Waals surface area contributed by atoms with Crippen LogP contribution >= 0.6 is 0 Å². The van der Waals surface area contributed by atoms with Crippen molar-refractivity contribution in [2.24, 2.45) is 0 Å². The van der Waals surface area contributed by atoms with Gasteiger partial charge in [0.15, 0.2) is 0 Å². The van der Waals surface area contributed by atoms with Gasteiger partial charge in [0.25, 0.3) is 0 Å². The van der Waals surface area contributed by atoms with Gasteiger partial charge in [-0.3, -0.25) is 0 Å². The van der Waals surface area contributed by atoms with Gasteiger partial charge in [0, 0.05) is 6.42 Å². The maximum Gasteiger partial charge on any atom is 0.339 e. The van der Waals surface area contributed by atoms with E-state index in [2.05, 4.69) is 0 Å². The first kappa shape index (κ1) is 9.02. The minimum Gasteiger partial charge on any atom is -0.478 e. The zero-order chi connectivity index (χ0) is 9.97. The monoisotopic (exact) mass is 194 g/mol. The fraction of sp³-hybridized carbons (Fsp3) is 0.300. The summed E-state index contributed by atoms with van der Waals surface area (Å²) in [6.45, 7) is 0.680. The first-order chi connectivity index (χ1) is 6.77. The molecule has 1 aromatic carbocycles. The van der Waals surface area contributed by atoms with Crippen LogP contribution in [0.3, 0.4) is 0 Å². The van der Waals surface area contributed by atoms with Crippen LogP contribution in [0.4, 0.5) is 0 Å². The van der Waals surface area contributed by atoms with Gasteiger partial charge < -0.3 is 14.6 Å². The highest BCUT2D eigenvalue weighted by Crippen LogP contribution is 2.23. The van der Waals surface area contributed by atoms with Crippen LogP contribution in [0, 0.1) is 0 Å². The molecule has 14 heavy (non-hydrogen) atoms. The number of para-hydroxylation sites is 1. The Balaban J connectivity index is 2.17. The zero-order valence-corrected chi connectivity index (χ0v) is 7.47. The topological polar surface area (TPSA) is 55.8 Å². The quantitative estimate of drug-likeness (QED) is 0.792. The van der Waals surface area contributed by atoms with E-state index in [1.165, 1.54) is 6.07 Å². The number of benzene rings is 1. The van der Waals surface area contributed by atoms with Crippen molar-refractivity contribution in [2.45, 2.75) is 12.7 Å². The zero-order valence-electron chi connectivity index (χ0n) is 7.47. The van der Waals surface area contributed by atoms with Crippen LogP contribution in [0.1, 0.15) is 16.8 Å². The summed E-state index contributed by atoms with van der Waals surface area (Å²) in [5, 5.41) is 8.85. The van der Waals surface area contributed by atoms with E-state index in [0.29, 0.717) is 12.4 Å². The molecule has 0 amide bonds. The number of carboxylic acid groups (broad SMARTS) is 1. The normalized spacial score (nSPS) is 19.9. The lowest BCUT2D eigenvalue weighted by molar-refractivity contribution is -0.165. The summed E-state index contributed by atoms with van der Waals surface area (Å²) in [5.74, 6) is -0.621. The van der Waals surface area contributed by atoms with Crippen molar-refractivity contribution >= 4 is 5.97 Å². The number of ether oxygens (including phenoxy) is 2. The number of aromatic carboxylic acids is 1. The van der Waals surface area contributed by atoms with E-state index in [1.807, 2.05) is 0 Å². The summed E-state index contributed by atoms with van der Waals surface area (Å²) in [5.41, 5.74) is 0.169.